The summed E-state index contributed by atoms with van der Waals surface area (Å²) in [5.41, 5.74) is 0.0569. The molecule has 0 fully saturated rings. The van der Waals surface area contributed by atoms with Gasteiger partial charge in [0.2, 0.25) is 0 Å². The molecule has 0 bridgehead atoms. The molecule has 17 heavy (non-hydrogen) atoms. The molecule has 0 saturated heterocycles. The predicted octanol–water partition coefficient (Wildman–Crippen LogP) is 1.98. The lowest BCUT2D eigenvalue weighted by molar-refractivity contribution is -0.124. The van der Waals surface area contributed by atoms with Crippen LogP contribution in [0.4, 0.5) is 0 Å². The molecule has 4 nitrogen and oxygen atoms in total. The van der Waals surface area contributed by atoms with Gasteiger partial charge in [0.1, 0.15) is 11.2 Å². The molecular weight excluding hydrogens is 329 g/mol. The summed E-state index contributed by atoms with van der Waals surface area (Å²) >= 11 is 2.19. The normalized spacial score (nSPS) is 23.8. The van der Waals surface area contributed by atoms with Gasteiger partial charge in [0.15, 0.2) is 5.84 Å². The first kappa shape index (κ1) is 12.5. The molecule has 1 unspecified atom stereocenters. The largest absolute Gasteiger partial charge is 0.307 e. The van der Waals surface area contributed by atoms with Crippen molar-refractivity contribution in [3.63, 3.8) is 0 Å². The van der Waals surface area contributed by atoms with E-state index in [4.69, 9.17) is 0 Å². The summed E-state index contributed by atoms with van der Waals surface area (Å²) in [5, 5.41) is 2.83. The number of carbonyl (C=O) groups is 1. The van der Waals surface area contributed by atoms with Gasteiger partial charge in [0.05, 0.1) is 0 Å². The molecule has 90 valence electrons. The highest BCUT2D eigenvalue weighted by atomic mass is 127. The number of nitrogens with one attached hydrogen (secondary N) is 1. The van der Waals surface area contributed by atoms with E-state index >= 15 is 0 Å². The van der Waals surface area contributed by atoms with Crippen molar-refractivity contribution in [2.75, 3.05) is 0 Å². The van der Waals surface area contributed by atoms with Crippen molar-refractivity contribution in [1.29, 1.82) is 0 Å². The molecule has 0 saturated carbocycles. The Balaban J connectivity index is 2.44. The Morgan fingerprint density at radius 2 is 2.18 bits per heavy atom. The number of carbonyl (C=O) groups excluding carboxylic acids is 1. The first-order valence-corrected chi connectivity index (χ1v) is 6.55. The molecule has 1 aromatic rings. The monoisotopic (exact) mass is 343 g/mol. The molecule has 1 aliphatic heterocycles. The summed E-state index contributed by atoms with van der Waals surface area (Å²) in [6, 6.07) is 3.81. The maximum absolute atomic E-state index is 12.0. The molecule has 1 amide bonds. The second-order valence-corrected chi connectivity index (χ2v) is 5.71. The van der Waals surface area contributed by atoms with E-state index in [9.17, 15) is 4.79 Å². The summed E-state index contributed by atoms with van der Waals surface area (Å²) < 4.78 is 0.983. The van der Waals surface area contributed by atoms with Crippen LogP contribution in [-0.4, -0.2) is 22.3 Å². The number of aliphatic imine (C=N–C) groups is 1. The zero-order chi connectivity index (χ0) is 12.6. The lowest BCUT2D eigenvalue weighted by atomic mass is 9.89. The maximum atomic E-state index is 12.0. The van der Waals surface area contributed by atoms with E-state index in [-0.39, 0.29) is 11.8 Å². The Morgan fingerprint density at radius 3 is 2.71 bits per heavy atom. The number of nitrogens with zero attached hydrogens (tertiary/aromatic N) is 2. The van der Waals surface area contributed by atoms with Gasteiger partial charge in [-0.1, -0.05) is 13.8 Å². The molecule has 1 atom stereocenters. The second-order valence-electron chi connectivity index (χ2n) is 4.55. The third-order valence-corrected chi connectivity index (χ3v) is 4.01. The number of halogens is 1. The van der Waals surface area contributed by atoms with E-state index in [0.717, 1.165) is 9.26 Å². The summed E-state index contributed by atoms with van der Waals surface area (Å²) in [6.45, 7) is 5.85. The van der Waals surface area contributed by atoms with E-state index in [0.29, 0.717) is 5.84 Å². The standard InChI is InChI=1S/C12H14IN3O/c1-7(2)12(3)11(17)15-10(16-12)9-8(13)5-4-6-14-9/h4-7H,1-3H3,(H,15,16,17). The molecular formula is C12H14IN3O. The van der Waals surface area contributed by atoms with Crippen molar-refractivity contribution in [3.8, 4) is 0 Å². The Hall–Kier alpha value is -0.980. The molecule has 0 aliphatic carbocycles. The van der Waals surface area contributed by atoms with Crippen molar-refractivity contribution in [2.24, 2.45) is 10.9 Å². The fraction of sp³-hybridized carbons (Fsp3) is 0.417. The minimum atomic E-state index is -0.685. The lowest BCUT2D eigenvalue weighted by Gasteiger charge is -2.21. The van der Waals surface area contributed by atoms with Gasteiger partial charge in [-0.15, -0.1) is 0 Å². The fourth-order valence-electron chi connectivity index (χ4n) is 1.61. The summed E-state index contributed by atoms with van der Waals surface area (Å²) in [5.74, 6) is 0.682. The Bertz CT molecular complexity index is 498. The summed E-state index contributed by atoms with van der Waals surface area (Å²) in [4.78, 5) is 20.8. The van der Waals surface area contributed by atoms with Gasteiger partial charge in [0.25, 0.3) is 5.91 Å². The molecule has 0 spiro atoms. The lowest BCUT2D eigenvalue weighted by Crippen LogP contribution is -2.41. The van der Waals surface area contributed by atoms with Gasteiger partial charge in [-0.05, 0) is 47.6 Å². The van der Waals surface area contributed by atoms with Crippen molar-refractivity contribution < 1.29 is 4.79 Å². The third kappa shape index (κ3) is 2.08. The fourth-order valence-corrected chi connectivity index (χ4v) is 2.21. The molecule has 1 N–H and O–H groups in total. The average molecular weight is 343 g/mol. The number of amides is 1. The number of aromatic nitrogens is 1. The van der Waals surface area contributed by atoms with E-state index < -0.39 is 5.54 Å². The molecule has 0 radical (unpaired) electrons. The smallest absolute Gasteiger partial charge is 0.253 e. The van der Waals surface area contributed by atoms with Gasteiger partial charge in [-0.3, -0.25) is 9.78 Å². The Labute approximate surface area is 114 Å². The van der Waals surface area contributed by atoms with Crippen molar-refractivity contribution >= 4 is 34.3 Å². The Kier molecular flexibility index (Phi) is 3.20. The van der Waals surface area contributed by atoms with Crippen LogP contribution in [0.15, 0.2) is 23.3 Å². The third-order valence-electron chi connectivity index (χ3n) is 3.14. The van der Waals surface area contributed by atoms with Gasteiger partial charge >= 0.3 is 0 Å². The molecule has 5 heteroatoms. The van der Waals surface area contributed by atoms with E-state index in [2.05, 4.69) is 37.9 Å². The van der Waals surface area contributed by atoms with E-state index in [1.54, 1.807) is 6.20 Å². The van der Waals surface area contributed by atoms with Crippen molar-refractivity contribution in [3.05, 3.63) is 27.6 Å². The summed E-state index contributed by atoms with van der Waals surface area (Å²) in [7, 11) is 0. The van der Waals surface area contributed by atoms with Crippen LogP contribution in [0.25, 0.3) is 0 Å². The molecule has 2 heterocycles. The maximum Gasteiger partial charge on any atom is 0.253 e. The molecule has 2 rings (SSSR count). The second kappa shape index (κ2) is 4.36. The van der Waals surface area contributed by atoms with Crippen LogP contribution in [0.2, 0.25) is 0 Å². The minimum absolute atomic E-state index is 0.0519. The van der Waals surface area contributed by atoms with Gasteiger partial charge in [-0.2, -0.15) is 0 Å². The van der Waals surface area contributed by atoms with Crippen LogP contribution in [0.3, 0.4) is 0 Å². The number of hydrogen-bond acceptors (Lipinski definition) is 3. The molecule has 1 aromatic heterocycles. The number of rotatable bonds is 2. The van der Waals surface area contributed by atoms with Crippen LogP contribution in [0.5, 0.6) is 0 Å². The van der Waals surface area contributed by atoms with Gasteiger partial charge in [0, 0.05) is 9.77 Å². The van der Waals surface area contributed by atoms with Crippen LogP contribution < -0.4 is 5.32 Å². The quantitative estimate of drug-likeness (QED) is 0.835. The number of pyridine rings is 1. The van der Waals surface area contributed by atoms with Crippen LogP contribution >= 0.6 is 22.6 Å². The topological polar surface area (TPSA) is 54.4 Å². The van der Waals surface area contributed by atoms with Gasteiger partial charge < -0.3 is 5.32 Å². The van der Waals surface area contributed by atoms with E-state index in [1.807, 2.05) is 32.9 Å². The molecule has 1 aliphatic rings. The zero-order valence-corrected chi connectivity index (χ0v) is 12.1. The number of hydrogen-bond donors (Lipinski definition) is 1. The van der Waals surface area contributed by atoms with Crippen LogP contribution in [-0.2, 0) is 4.79 Å². The zero-order valence-electron chi connectivity index (χ0n) is 9.99. The predicted molar refractivity (Wildman–Crippen MR) is 74.9 cm³/mol. The average Bonchev–Trinajstić information content (AvgIpc) is 2.57. The molecule has 0 aromatic carbocycles. The highest BCUT2D eigenvalue weighted by molar-refractivity contribution is 14.1. The Morgan fingerprint density at radius 1 is 1.47 bits per heavy atom. The number of amidine groups is 1. The van der Waals surface area contributed by atoms with Crippen LogP contribution in [0, 0.1) is 9.49 Å². The highest BCUT2D eigenvalue weighted by Crippen LogP contribution is 2.27. The minimum Gasteiger partial charge on any atom is -0.307 e. The van der Waals surface area contributed by atoms with E-state index in [1.165, 1.54) is 0 Å². The van der Waals surface area contributed by atoms with Crippen molar-refractivity contribution in [1.82, 2.24) is 10.3 Å². The summed E-state index contributed by atoms with van der Waals surface area (Å²) in [6.07, 6.45) is 1.71. The SMILES string of the molecule is CC(C)C1(C)N=C(c2ncccc2I)NC1=O. The van der Waals surface area contributed by atoms with Crippen molar-refractivity contribution in [2.45, 2.75) is 26.3 Å². The highest BCUT2D eigenvalue weighted by Gasteiger charge is 2.42. The first-order valence-electron chi connectivity index (χ1n) is 5.47. The van der Waals surface area contributed by atoms with Crippen LogP contribution in [0.1, 0.15) is 26.5 Å². The van der Waals surface area contributed by atoms with Gasteiger partial charge in [-0.25, -0.2) is 4.99 Å². The first-order chi connectivity index (χ1) is 7.95.